The van der Waals surface area contributed by atoms with Gasteiger partial charge in [0.25, 0.3) is 5.91 Å². The molecule has 28 heavy (non-hydrogen) atoms. The van der Waals surface area contributed by atoms with Crippen LogP contribution < -0.4 is 0 Å². The van der Waals surface area contributed by atoms with Gasteiger partial charge in [0.15, 0.2) is 5.17 Å². The van der Waals surface area contributed by atoms with Crippen LogP contribution in [-0.4, -0.2) is 22.5 Å². The molecule has 3 rings (SSSR count). The van der Waals surface area contributed by atoms with Crippen molar-refractivity contribution in [1.29, 1.82) is 0 Å². The number of rotatable bonds is 6. The molecule has 0 saturated carbocycles. The van der Waals surface area contributed by atoms with Crippen molar-refractivity contribution in [2.45, 2.75) is 46.5 Å². The smallest absolute Gasteiger partial charge is 0.266 e. The zero-order valence-corrected chi connectivity index (χ0v) is 17.9. The standard InChI is InChI=1S/C24H28N2OS/c1-5-6-15-26-23(27)22(16-19-9-11-20(12-10-19)17(2)3)28-24(26)25-21-13-7-18(4)8-14-21/h7-14,16-17H,5-6,15H2,1-4H3/b22-16+,25-24?. The monoisotopic (exact) mass is 392 g/mol. The predicted octanol–water partition coefficient (Wildman–Crippen LogP) is 6.52. The van der Waals surface area contributed by atoms with Gasteiger partial charge in [-0.15, -0.1) is 0 Å². The van der Waals surface area contributed by atoms with Gasteiger partial charge in [-0.1, -0.05) is 69.2 Å². The molecule has 0 radical (unpaired) electrons. The predicted molar refractivity (Wildman–Crippen MR) is 121 cm³/mol. The van der Waals surface area contributed by atoms with Crippen LogP contribution in [0.4, 0.5) is 5.69 Å². The maximum absolute atomic E-state index is 13.0. The Labute approximate surface area is 172 Å². The molecular weight excluding hydrogens is 364 g/mol. The topological polar surface area (TPSA) is 32.7 Å². The zero-order valence-electron chi connectivity index (χ0n) is 17.1. The van der Waals surface area contributed by atoms with Gasteiger partial charge < -0.3 is 0 Å². The second-order valence-corrected chi connectivity index (χ2v) is 8.48. The summed E-state index contributed by atoms with van der Waals surface area (Å²) in [6.07, 6.45) is 3.99. The summed E-state index contributed by atoms with van der Waals surface area (Å²) in [6.45, 7) is 9.27. The van der Waals surface area contributed by atoms with E-state index < -0.39 is 0 Å². The van der Waals surface area contributed by atoms with Crippen molar-refractivity contribution in [3.8, 4) is 0 Å². The molecule has 1 fully saturated rings. The van der Waals surface area contributed by atoms with E-state index in [9.17, 15) is 4.79 Å². The molecule has 2 aromatic carbocycles. The van der Waals surface area contributed by atoms with E-state index in [1.54, 1.807) is 0 Å². The van der Waals surface area contributed by atoms with Crippen molar-refractivity contribution in [3.05, 3.63) is 70.1 Å². The molecule has 1 heterocycles. The minimum Gasteiger partial charge on any atom is -0.286 e. The van der Waals surface area contributed by atoms with Gasteiger partial charge in [0.05, 0.1) is 10.6 Å². The maximum Gasteiger partial charge on any atom is 0.266 e. The van der Waals surface area contributed by atoms with Crippen LogP contribution in [0.1, 0.15) is 56.2 Å². The second-order valence-electron chi connectivity index (χ2n) is 7.47. The summed E-state index contributed by atoms with van der Waals surface area (Å²) < 4.78 is 0. The van der Waals surface area contributed by atoms with Crippen LogP contribution >= 0.6 is 11.8 Å². The van der Waals surface area contributed by atoms with Gasteiger partial charge >= 0.3 is 0 Å². The molecule has 0 atom stereocenters. The van der Waals surface area contributed by atoms with Crippen molar-refractivity contribution in [2.75, 3.05) is 6.54 Å². The molecule has 0 aromatic heterocycles. The maximum atomic E-state index is 13.0. The summed E-state index contributed by atoms with van der Waals surface area (Å²) in [6, 6.07) is 16.5. The molecule has 3 nitrogen and oxygen atoms in total. The molecule has 0 spiro atoms. The SMILES string of the molecule is CCCCN1C(=O)/C(=C\c2ccc(C(C)C)cc2)SC1=Nc1ccc(C)cc1. The van der Waals surface area contributed by atoms with Gasteiger partial charge in [0, 0.05) is 6.54 Å². The van der Waals surface area contributed by atoms with Crippen molar-refractivity contribution < 1.29 is 4.79 Å². The summed E-state index contributed by atoms with van der Waals surface area (Å²) in [5.74, 6) is 0.555. The van der Waals surface area contributed by atoms with Crippen LogP contribution in [0.15, 0.2) is 58.4 Å². The molecule has 1 saturated heterocycles. The van der Waals surface area contributed by atoms with E-state index in [1.165, 1.54) is 22.9 Å². The number of hydrogen-bond donors (Lipinski definition) is 0. The first-order valence-corrected chi connectivity index (χ1v) is 10.8. The third-order valence-corrected chi connectivity index (χ3v) is 5.79. The van der Waals surface area contributed by atoms with Gasteiger partial charge in [0.2, 0.25) is 0 Å². The number of benzene rings is 2. The highest BCUT2D eigenvalue weighted by Crippen LogP contribution is 2.34. The molecule has 0 N–H and O–H groups in total. The van der Waals surface area contributed by atoms with E-state index in [0.717, 1.165) is 34.2 Å². The molecule has 2 aromatic rings. The molecule has 146 valence electrons. The molecule has 0 unspecified atom stereocenters. The van der Waals surface area contributed by atoms with Gasteiger partial charge in [-0.05, 0) is 60.4 Å². The van der Waals surface area contributed by atoms with Crippen LogP contribution in [0.3, 0.4) is 0 Å². The van der Waals surface area contributed by atoms with Crippen molar-refractivity contribution in [2.24, 2.45) is 4.99 Å². The second kappa shape index (κ2) is 9.24. The summed E-state index contributed by atoms with van der Waals surface area (Å²) in [7, 11) is 0. The molecule has 1 aliphatic rings. The molecular formula is C24H28N2OS. The lowest BCUT2D eigenvalue weighted by Gasteiger charge is -2.14. The Hall–Kier alpha value is -2.33. The number of hydrogen-bond acceptors (Lipinski definition) is 3. The summed E-state index contributed by atoms with van der Waals surface area (Å²) >= 11 is 1.47. The molecule has 0 aliphatic carbocycles. The number of carbonyl (C=O) groups is 1. The number of nitrogens with zero attached hydrogens (tertiary/aromatic N) is 2. The fourth-order valence-electron chi connectivity index (χ4n) is 2.96. The van der Waals surface area contributed by atoms with E-state index >= 15 is 0 Å². The summed E-state index contributed by atoms with van der Waals surface area (Å²) in [5, 5.41) is 0.771. The Morgan fingerprint density at radius 2 is 1.75 bits per heavy atom. The normalized spacial score (nSPS) is 17.3. The Morgan fingerprint density at radius 3 is 2.36 bits per heavy atom. The first kappa shape index (κ1) is 20.4. The largest absolute Gasteiger partial charge is 0.286 e. The van der Waals surface area contributed by atoms with Gasteiger partial charge in [-0.25, -0.2) is 4.99 Å². The van der Waals surface area contributed by atoms with E-state index in [4.69, 9.17) is 4.99 Å². The van der Waals surface area contributed by atoms with E-state index in [0.29, 0.717) is 12.5 Å². The molecule has 4 heteroatoms. The molecule has 0 bridgehead atoms. The first-order chi connectivity index (χ1) is 13.5. The fraction of sp³-hybridized carbons (Fsp3) is 0.333. The van der Waals surface area contributed by atoms with Crippen LogP contribution in [-0.2, 0) is 4.79 Å². The third kappa shape index (κ3) is 4.93. The molecule has 1 aliphatic heterocycles. The summed E-state index contributed by atoms with van der Waals surface area (Å²) in [4.78, 5) is 20.3. The Morgan fingerprint density at radius 1 is 1.07 bits per heavy atom. The van der Waals surface area contributed by atoms with Gasteiger partial charge in [0.1, 0.15) is 0 Å². The van der Waals surface area contributed by atoms with Crippen LogP contribution in [0.5, 0.6) is 0 Å². The highest BCUT2D eigenvalue weighted by molar-refractivity contribution is 8.18. The van der Waals surface area contributed by atoms with Gasteiger partial charge in [-0.3, -0.25) is 9.69 Å². The highest BCUT2D eigenvalue weighted by Gasteiger charge is 2.32. The third-order valence-electron chi connectivity index (χ3n) is 4.78. The Kier molecular flexibility index (Phi) is 6.74. The number of amidine groups is 1. The summed E-state index contributed by atoms with van der Waals surface area (Å²) in [5.41, 5.74) is 4.43. The number of amides is 1. The average molecular weight is 393 g/mol. The average Bonchev–Trinajstić information content (AvgIpc) is 2.97. The van der Waals surface area contributed by atoms with Crippen LogP contribution in [0.25, 0.3) is 6.08 Å². The van der Waals surface area contributed by atoms with E-state index in [-0.39, 0.29) is 5.91 Å². The Balaban J connectivity index is 1.88. The lowest BCUT2D eigenvalue weighted by atomic mass is 10.0. The van der Waals surface area contributed by atoms with Gasteiger partial charge in [-0.2, -0.15) is 0 Å². The highest BCUT2D eigenvalue weighted by atomic mass is 32.2. The van der Waals surface area contributed by atoms with Crippen LogP contribution in [0.2, 0.25) is 0 Å². The van der Waals surface area contributed by atoms with Crippen molar-refractivity contribution >= 4 is 34.6 Å². The van der Waals surface area contributed by atoms with E-state index in [2.05, 4.69) is 52.0 Å². The lowest BCUT2D eigenvalue weighted by molar-refractivity contribution is -0.122. The number of carbonyl (C=O) groups excluding carboxylic acids is 1. The van der Waals surface area contributed by atoms with Crippen LogP contribution in [0, 0.1) is 6.92 Å². The van der Waals surface area contributed by atoms with Crippen molar-refractivity contribution in [3.63, 3.8) is 0 Å². The lowest BCUT2D eigenvalue weighted by Crippen LogP contribution is -2.30. The minimum absolute atomic E-state index is 0.0530. The fourth-order valence-corrected chi connectivity index (χ4v) is 3.99. The Bertz CT molecular complexity index is 880. The first-order valence-electron chi connectivity index (χ1n) is 9.94. The zero-order chi connectivity index (χ0) is 20.1. The molecule has 1 amide bonds. The quantitative estimate of drug-likeness (QED) is 0.524. The van der Waals surface area contributed by atoms with Crippen molar-refractivity contribution in [1.82, 2.24) is 4.90 Å². The number of thioether (sulfide) groups is 1. The number of aliphatic imine (C=N–C) groups is 1. The number of unbranched alkanes of at least 4 members (excludes halogenated alkanes) is 1. The van der Waals surface area contributed by atoms with E-state index in [1.807, 2.05) is 35.2 Å². The minimum atomic E-state index is 0.0530. The number of aryl methyl sites for hydroxylation is 1.